The molecule has 0 atom stereocenters. The van der Waals surface area contributed by atoms with E-state index in [1.807, 2.05) is 24.3 Å². The number of benzene rings is 1. The predicted octanol–water partition coefficient (Wildman–Crippen LogP) is 1.71. The summed E-state index contributed by atoms with van der Waals surface area (Å²) < 4.78 is 5.11. The van der Waals surface area contributed by atoms with Crippen molar-refractivity contribution >= 4 is 11.8 Å². The van der Waals surface area contributed by atoms with Crippen molar-refractivity contribution in [1.29, 1.82) is 0 Å². The van der Waals surface area contributed by atoms with E-state index in [1.54, 1.807) is 12.0 Å². The van der Waals surface area contributed by atoms with E-state index in [0.717, 1.165) is 24.2 Å². The third-order valence-corrected chi connectivity index (χ3v) is 3.53. The minimum Gasteiger partial charge on any atom is -0.497 e. The summed E-state index contributed by atoms with van der Waals surface area (Å²) in [5.74, 6) is 0.792. The fraction of sp³-hybridized carbons (Fsp3) is 0.500. The van der Waals surface area contributed by atoms with Crippen LogP contribution in [0.3, 0.4) is 0 Å². The first-order chi connectivity index (χ1) is 10.1. The summed E-state index contributed by atoms with van der Waals surface area (Å²) in [6, 6.07) is 7.96. The van der Waals surface area contributed by atoms with Gasteiger partial charge >= 0.3 is 0 Å². The summed E-state index contributed by atoms with van der Waals surface area (Å²) in [7, 11) is 1.62. The quantitative estimate of drug-likeness (QED) is 0.831. The van der Waals surface area contributed by atoms with Crippen LogP contribution in [0.15, 0.2) is 24.3 Å². The van der Waals surface area contributed by atoms with E-state index in [4.69, 9.17) is 4.74 Å². The third-order valence-electron chi connectivity index (χ3n) is 3.53. The van der Waals surface area contributed by atoms with Gasteiger partial charge in [-0.05, 0) is 30.5 Å². The highest BCUT2D eigenvalue weighted by Gasteiger charge is 2.23. The molecule has 0 spiro atoms. The number of hydrogen-bond acceptors (Lipinski definition) is 3. The molecule has 1 aromatic rings. The molecule has 0 aliphatic heterocycles. The second-order valence-electron chi connectivity index (χ2n) is 5.38. The average molecular weight is 290 g/mol. The van der Waals surface area contributed by atoms with Crippen molar-refractivity contribution in [3.63, 3.8) is 0 Å². The van der Waals surface area contributed by atoms with E-state index in [-0.39, 0.29) is 11.8 Å². The van der Waals surface area contributed by atoms with E-state index in [2.05, 4.69) is 5.32 Å². The van der Waals surface area contributed by atoms with Crippen LogP contribution in [-0.2, 0) is 16.1 Å². The Labute approximate surface area is 125 Å². The maximum absolute atomic E-state index is 11.7. The molecule has 1 saturated carbocycles. The SMILES string of the molecule is COc1ccc(CN(CCC(=O)NC2CC2)C(C)=O)cc1. The van der Waals surface area contributed by atoms with Crippen molar-refractivity contribution in [1.82, 2.24) is 10.2 Å². The van der Waals surface area contributed by atoms with Crippen molar-refractivity contribution in [2.75, 3.05) is 13.7 Å². The van der Waals surface area contributed by atoms with Gasteiger partial charge in [-0.1, -0.05) is 12.1 Å². The van der Waals surface area contributed by atoms with Gasteiger partial charge in [-0.2, -0.15) is 0 Å². The molecule has 0 saturated heterocycles. The summed E-state index contributed by atoms with van der Waals surface area (Å²) in [5.41, 5.74) is 1.02. The first-order valence-corrected chi connectivity index (χ1v) is 7.26. The summed E-state index contributed by atoms with van der Waals surface area (Å²) >= 11 is 0. The Hall–Kier alpha value is -2.04. The fourth-order valence-electron chi connectivity index (χ4n) is 2.06. The maximum atomic E-state index is 11.7. The smallest absolute Gasteiger partial charge is 0.221 e. The molecule has 114 valence electrons. The van der Waals surface area contributed by atoms with Crippen LogP contribution in [-0.4, -0.2) is 36.4 Å². The predicted molar refractivity (Wildman–Crippen MR) is 79.9 cm³/mol. The van der Waals surface area contributed by atoms with Gasteiger partial charge in [0.1, 0.15) is 5.75 Å². The average Bonchev–Trinajstić information content (AvgIpc) is 3.27. The number of methoxy groups -OCH3 is 1. The molecule has 0 heterocycles. The molecule has 0 aromatic heterocycles. The topological polar surface area (TPSA) is 58.6 Å². The van der Waals surface area contributed by atoms with Crippen molar-refractivity contribution in [2.45, 2.75) is 38.8 Å². The minimum atomic E-state index is -0.0231. The molecule has 0 radical (unpaired) electrons. The van der Waals surface area contributed by atoms with E-state index >= 15 is 0 Å². The van der Waals surface area contributed by atoms with Crippen LogP contribution >= 0.6 is 0 Å². The zero-order chi connectivity index (χ0) is 15.2. The second-order valence-corrected chi connectivity index (χ2v) is 5.38. The molecule has 5 heteroatoms. The van der Waals surface area contributed by atoms with Crippen LogP contribution < -0.4 is 10.1 Å². The van der Waals surface area contributed by atoms with E-state index in [9.17, 15) is 9.59 Å². The first kappa shape index (κ1) is 15.4. The lowest BCUT2D eigenvalue weighted by Gasteiger charge is -2.21. The number of nitrogens with one attached hydrogen (secondary N) is 1. The largest absolute Gasteiger partial charge is 0.497 e. The molecule has 0 bridgehead atoms. The van der Waals surface area contributed by atoms with Gasteiger partial charge in [-0.3, -0.25) is 9.59 Å². The lowest BCUT2D eigenvalue weighted by Crippen LogP contribution is -2.34. The van der Waals surface area contributed by atoms with Crippen LogP contribution in [0.25, 0.3) is 0 Å². The number of ether oxygens (including phenoxy) is 1. The summed E-state index contributed by atoms with van der Waals surface area (Å²) in [6.45, 7) is 2.48. The monoisotopic (exact) mass is 290 g/mol. The van der Waals surface area contributed by atoms with Crippen LogP contribution in [0.5, 0.6) is 5.75 Å². The van der Waals surface area contributed by atoms with Gasteiger partial charge in [-0.25, -0.2) is 0 Å². The highest BCUT2D eigenvalue weighted by Crippen LogP contribution is 2.18. The normalized spacial score (nSPS) is 13.6. The number of amides is 2. The maximum Gasteiger partial charge on any atom is 0.221 e. The lowest BCUT2D eigenvalue weighted by atomic mass is 10.2. The van der Waals surface area contributed by atoms with Crippen molar-refractivity contribution in [3.8, 4) is 5.75 Å². The standard InChI is InChI=1S/C16H22N2O3/c1-12(19)18(10-9-16(20)17-14-5-6-14)11-13-3-7-15(21-2)8-4-13/h3-4,7-8,14H,5-6,9-11H2,1-2H3,(H,17,20). The Bertz CT molecular complexity index is 495. The third kappa shape index (κ3) is 5.10. The fourth-order valence-corrected chi connectivity index (χ4v) is 2.06. The number of hydrogen-bond donors (Lipinski definition) is 1. The Balaban J connectivity index is 1.85. The molecule has 2 amide bonds. The summed E-state index contributed by atoms with van der Waals surface area (Å²) in [5, 5.41) is 2.93. The lowest BCUT2D eigenvalue weighted by molar-refractivity contribution is -0.130. The molecule has 5 nitrogen and oxygen atoms in total. The van der Waals surface area contributed by atoms with Gasteiger partial charge in [-0.15, -0.1) is 0 Å². The van der Waals surface area contributed by atoms with E-state index < -0.39 is 0 Å². The molecule has 1 N–H and O–H groups in total. The highest BCUT2D eigenvalue weighted by molar-refractivity contribution is 5.78. The molecule has 1 aliphatic carbocycles. The first-order valence-electron chi connectivity index (χ1n) is 7.26. The Morgan fingerprint density at radius 3 is 2.48 bits per heavy atom. The van der Waals surface area contributed by atoms with Crippen molar-refractivity contribution < 1.29 is 14.3 Å². The van der Waals surface area contributed by atoms with Crippen LogP contribution in [0, 0.1) is 0 Å². The summed E-state index contributed by atoms with van der Waals surface area (Å²) in [4.78, 5) is 25.1. The number of rotatable bonds is 7. The molecular formula is C16H22N2O3. The molecule has 2 rings (SSSR count). The van der Waals surface area contributed by atoms with Crippen LogP contribution in [0.4, 0.5) is 0 Å². The van der Waals surface area contributed by atoms with Crippen molar-refractivity contribution in [2.24, 2.45) is 0 Å². The van der Waals surface area contributed by atoms with E-state index in [0.29, 0.717) is 25.6 Å². The molecular weight excluding hydrogens is 268 g/mol. The molecule has 1 fully saturated rings. The van der Waals surface area contributed by atoms with Crippen molar-refractivity contribution in [3.05, 3.63) is 29.8 Å². The van der Waals surface area contributed by atoms with Gasteiger partial charge in [0.15, 0.2) is 0 Å². The zero-order valence-electron chi connectivity index (χ0n) is 12.6. The molecule has 1 aromatic carbocycles. The van der Waals surface area contributed by atoms with Gasteiger partial charge in [0.2, 0.25) is 11.8 Å². The Morgan fingerprint density at radius 1 is 1.29 bits per heavy atom. The van der Waals surface area contributed by atoms with E-state index in [1.165, 1.54) is 6.92 Å². The number of nitrogens with zero attached hydrogens (tertiary/aromatic N) is 1. The molecule has 21 heavy (non-hydrogen) atoms. The molecule has 0 unspecified atom stereocenters. The van der Waals surface area contributed by atoms with Crippen LogP contribution in [0.1, 0.15) is 31.7 Å². The Kier molecular flexibility index (Phi) is 5.20. The Morgan fingerprint density at radius 2 is 1.95 bits per heavy atom. The van der Waals surface area contributed by atoms with Gasteiger partial charge in [0.05, 0.1) is 7.11 Å². The minimum absolute atomic E-state index is 0.0231. The van der Waals surface area contributed by atoms with Crippen LogP contribution in [0.2, 0.25) is 0 Å². The van der Waals surface area contributed by atoms with Gasteiger partial charge in [0.25, 0.3) is 0 Å². The summed E-state index contributed by atoms with van der Waals surface area (Å²) in [6.07, 6.45) is 2.51. The highest BCUT2D eigenvalue weighted by atomic mass is 16.5. The number of carbonyl (C=O) groups is 2. The van der Waals surface area contributed by atoms with Gasteiger partial charge < -0.3 is 15.0 Å². The van der Waals surface area contributed by atoms with Gasteiger partial charge in [0, 0.05) is 32.5 Å². The zero-order valence-corrected chi connectivity index (χ0v) is 12.6. The second kappa shape index (κ2) is 7.11. The number of carbonyl (C=O) groups excluding carboxylic acids is 2. The molecule has 1 aliphatic rings.